The van der Waals surface area contributed by atoms with Gasteiger partial charge in [0, 0.05) is 36.5 Å². The molecule has 3 heterocycles. The second kappa shape index (κ2) is 4.91. The number of hydrogen-bond donors (Lipinski definition) is 1. The van der Waals surface area contributed by atoms with E-state index in [1.54, 1.807) is 12.5 Å². The Morgan fingerprint density at radius 1 is 1.53 bits per heavy atom. The number of nitrogens with zero attached hydrogens (tertiary/aromatic N) is 2. The molecule has 1 aliphatic rings. The summed E-state index contributed by atoms with van der Waals surface area (Å²) in [5.41, 5.74) is 2.00. The number of likely N-dealkylation sites (tertiary alicyclic amines) is 1. The second-order valence-electron chi connectivity index (χ2n) is 5.04. The van der Waals surface area contributed by atoms with E-state index in [9.17, 15) is 4.79 Å². The molecule has 0 spiro atoms. The molecule has 0 radical (unpaired) electrons. The summed E-state index contributed by atoms with van der Waals surface area (Å²) < 4.78 is 5.29. The third-order valence-corrected chi connectivity index (χ3v) is 3.73. The van der Waals surface area contributed by atoms with Crippen LogP contribution >= 0.6 is 0 Å². The summed E-state index contributed by atoms with van der Waals surface area (Å²) in [6.07, 6.45) is 5.42. The molecular formula is C14H17N3O2. The predicted molar refractivity (Wildman–Crippen MR) is 69.9 cm³/mol. The molecular weight excluding hydrogens is 242 g/mol. The van der Waals surface area contributed by atoms with Crippen LogP contribution in [0.1, 0.15) is 40.6 Å². The van der Waals surface area contributed by atoms with Gasteiger partial charge in [-0.3, -0.25) is 9.89 Å². The van der Waals surface area contributed by atoms with Gasteiger partial charge >= 0.3 is 0 Å². The van der Waals surface area contributed by atoms with Crippen LogP contribution in [0.2, 0.25) is 0 Å². The number of hydrogen-bond acceptors (Lipinski definition) is 3. The fourth-order valence-corrected chi connectivity index (χ4v) is 2.64. The minimum atomic E-state index is -0.00767. The van der Waals surface area contributed by atoms with Gasteiger partial charge in [-0.25, -0.2) is 0 Å². The van der Waals surface area contributed by atoms with Gasteiger partial charge in [0.1, 0.15) is 0 Å². The smallest absolute Gasteiger partial charge is 0.289 e. The van der Waals surface area contributed by atoms with Crippen molar-refractivity contribution in [2.75, 3.05) is 13.1 Å². The Bertz CT molecular complexity index is 559. The summed E-state index contributed by atoms with van der Waals surface area (Å²) in [5.74, 6) is 0.799. The maximum atomic E-state index is 12.4. The van der Waals surface area contributed by atoms with Gasteiger partial charge in [0.05, 0.1) is 6.26 Å². The van der Waals surface area contributed by atoms with Gasteiger partial charge in [-0.1, -0.05) is 0 Å². The first-order valence-electron chi connectivity index (χ1n) is 6.58. The number of carbonyl (C=O) groups excluding carboxylic acids is 1. The van der Waals surface area contributed by atoms with Crippen LogP contribution in [0.3, 0.4) is 0 Å². The molecule has 0 aromatic carbocycles. The fraction of sp³-hybridized carbons (Fsp3) is 0.429. The molecule has 1 atom stereocenters. The number of nitrogens with one attached hydrogen (secondary N) is 1. The Balaban J connectivity index is 1.75. The van der Waals surface area contributed by atoms with Crippen LogP contribution in [0.15, 0.2) is 29.0 Å². The fourth-order valence-electron chi connectivity index (χ4n) is 2.64. The summed E-state index contributed by atoms with van der Waals surface area (Å²) >= 11 is 0. The highest BCUT2D eigenvalue weighted by atomic mass is 16.3. The molecule has 1 amide bonds. The van der Waals surface area contributed by atoms with Gasteiger partial charge < -0.3 is 9.32 Å². The molecule has 100 valence electrons. The highest BCUT2D eigenvalue weighted by Crippen LogP contribution is 2.26. The van der Waals surface area contributed by atoms with Crippen molar-refractivity contribution in [2.45, 2.75) is 25.7 Å². The first kappa shape index (κ1) is 12.0. The van der Waals surface area contributed by atoms with E-state index in [-0.39, 0.29) is 5.91 Å². The van der Waals surface area contributed by atoms with Crippen molar-refractivity contribution in [1.82, 2.24) is 15.1 Å². The van der Waals surface area contributed by atoms with Crippen LogP contribution in [-0.2, 0) is 0 Å². The van der Waals surface area contributed by atoms with Gasteiger partial charge in [-0.2, -0.15) is 5.10 Å². The topological polar surface area (TPSA) is 62.1 Å². The van der Waals surface area contributed by atoms with Gasteiger partial charge in [-0.15, -0.1) is 0 Å². The summed E-state index contributed by atoms with van der Waals surface area (Å²) in [4.78, 5) is 14.3. The van der Waals surface area contributed by atoms with Gasteiger partial charge in [0.2, 0.25) is 0 Å². The van der Waals surface area contributed by atoms with E-state index in [1.165, 1.54) is 0 Å². The average molecular weight is 259 g/mol. The monoisotopic (exact) mass is 259 g/mol. The number of amides is 1. The molecule has 0 bridgehead atoms. The van der Waals surface area contributed by atoms with E-state index in [0.29, 0.717) is 11.7 Å². The third-order valence-electron chi connectivity index (χ3n) is 3.73. The molecule has 5 nitrogen and oxygen atoms in total. The molecule has 2 aromatic heterocycles. The minimum absolute atomic E-state index is 0.00767. The Labute approximate surface area is 111 Å². The number of H-pyrrole nitrogens is 1. The van der Waals surface area contributed by atoms with Crippen molar-refractivity contribution in [1.29, 1.82) is 0 Å². The molecule has 1 N–H and O–H groups in total. The predicted octanol–water partition coefficient (Wildman–Crippen LogP) is 2.33. The average Bonchev–Trinajstić information content (AvgIpc) is 3.09. The number of aromatic amines is 1. The summed E-state index contributed by atoms with van der Waals surface area (Å²) in [6, 6.07) is 3.81. The molecule has 19 heavy (non-hydrogen) atoms. The summed E-state index contributed by atoms with van der Waals surface area (Å²) in [5, 5.41) is 6.99. The lowest BCUT2D eigenvalue weighted by molar-refractivity contribution is 0.0672. The highest BCUT2D eigenvalue weighted by molar-refractivity contribution is 5.92. The largest absolute Gasteiger partial charge is 0.459 e. The zero-order valence-corrected chi connectivity index (χ0v) is 10.9. The molecule has 1 aliphatic heterocycles. The maximum Gasteiger partial charge on any atom is 0.289 e. The van der Waals surface area contributed by atoms with Gasteiger partial charge in [-0.05, 0) is 31.9 Å². The summed E-state index contributed by atoms with van der Waals surface area (Å²) in [6.45, 7) is 3.41. The van der Waals surface area contributed by atoms with Crippen molar-refractivity contribution in [3.63, 3.8) is 0 Å². The zero-order valence-electron chi connectivity index (χ0n) is 10.9. The van der Waals surface area contributed by atoms with Crippen molar-refractivity contribution >= 4 is 5.91 Å². The van der Waals surface area contributed by atoms with Crippen LogP contribution < -0.4 is 0 Å². The lowest BCUT2D eigenvalue weighted by Crippen LogP contribution is -2.39. The number of furan rings is 1. The van der Waals surface area contributed by atoms with Gasteiger partial charge in [0.15, 0.2) is 5.76 Å². The molecule has 1 fully saturated rings. The maximum absolute atomic E-state index is 12.4. The highest BCUT2D eigenvalue weighted by Gasteiger charge is 2.28. The van der Waals surface area contributed by atoms with E-state index < -0.39 is 0 Å². The second-order valence-corrected chi connectivity index (χ2v) is 5.04. The van der Waals surface area contributed by atoms with Gasteiger partial charge in [0.25, 0.3) is 5.91 Å². The van der Waals surface area contributed by atoms with Crippen LogP contribution in [0.4, 0.5) is 0 Å². The van der Waals surface area contributed by atoms with Crippen LogP contribution in [0.5, 0.6) is 0 Å². The number of carbonyl (C=O) groups is 1. The third kappa shape index (κ3) is 2.28. The standard InChI is InChI=1S/C14H17N3O2/c1-10-5-8-19-13(10)14(18)17-7-2-3-11(9-17)12-4-6-15-16-12/h4-6,8,11H,2-3,7,9H2,1H3,(H,15,16)/t11-/m0/s1. The van der Waals surface area contributed by atoms with Crippen LogP contribution in [0.25, 0.3) is 0 Å². The van der Waals surface area contributed by atoms with Crippen LogP contribution in [0, 0.1) is 6.92 Å². The quantitative estimate of drug-likeness (QED) is 0.900. The van der Waals surface area contributed by atoms with Crippen molar-refractivity contribution in [3.8, 4) is 0 Å². The zero-order chi connectivity index (χ0) is 13.2. The van der Waals surface area contributed by atoms with E-state index in [1.807, 2.05) is 24.0 Å². The first-order chi connectivity index (χ1) is 9.25. The lowest BCUT2D eigenvalue weighted by Gasteiger charge is -2.31. The molecule has 0 unspecified atom stereocenters. The van der Waals surface area contributed by atoms with E-state index in [0.717, 1.165) is 37.2 Å². The van der Waals surface area contributed by atoms with E-state index in [4.69, 9.17) is 4.42 Å². The minimum Gasteiger partial charge on any atom is -0.459 e. The Hall–Kier alpha value is -2.04. The number of rotatable bonds is 2. The molecule has 0 aliphatic carbocycles. The first-order valence-corrected chi connectivity index (χ1v) is 6.58. The van der Waals surface area contributed by atoms with E-state index >= 15 is 0 Å². The Morgan fingerprint density at radius 3 is 3.11 bits per heavy atom. The molecule has 5 heteroatoms. The molecule has 0 saturated carbocycles. The SMILES string of the molecule is Cc1ccoc1C(=O)N1CCC[C@H](c2ccn[nH]2)C1. The number of piperidine rings is 1. The van der Waals surface area contributed by atoms with Crippen molar-refractivity contribution in [3.05, 3.63) is 41.6 Å². The van der Waals surface area contributed by atoms with Crippen molar-refractivity contribution in [2.24, 2.45) is 0 Å². The lowest BCUT2D eigenvalue weighted by atomic mass is 9.94. The Morgan fingerprint density at radius 2 is 2.42 bits per heavy atom. The number of aryl methyl sites for hydroxylation is 1. The molecule has 2 aromatic rings. The Kier molecular flexibility index (Phi) is 3.11. The van der Waals surface area contributed by atoms with E-state index in [2.05, 4.69) is 10.2 Å². The normalized spacial score (nSPS) is 19.6. The van der Waals surface area contributed by atoms with Crippen LogP contribution in [-0.4, -0.2) is 34.1 Å². The molecule has 1 saturated heterocycles. The number of aromatic nitrogens is 2. The van der Waals surface area contributed by atoms with Crippen molar-refractivity contribution < 1.29 is 9.21 Å². The molecule has 3 rings (SSSR count). The summed E-state index contributed by atoms with van der Waals surface area (Å²) in [7, 11) is 0.